The van der Waals surface area contributed by atoms with Gasteiger partial charge in [-0.3, -0.25) is 0 Å². The lowest BCUT2D eigenvalue weighted by Gasteiger charge is -2.39. The molecule has 3 unspecified atom stereocenters. The zero-order chi connectivity index (χ0) is 14.2. The molecule has 0 radical (unpaired) electrons. The highest BCUT2D eigenvalue weighted by Gasteiger charge is 2.32. The molecular weight excluding hydrogens is 244 g/mol. The van der Waals surface area contributed by atoms with Gasteiger partial charge in [-0.05, 0) is 50.5 Å². The van der Waals surface area contributed by atoms with Crippen molar-refractivity contribution in [2.75, 3.05) is 19.6 Å². The molecule has 20 heavy (non-hydrogen) atoms. The molecule has 116 valence electrons. The maximum atomic E-state index is 3.82. The summed E-state index contributed by atoms with van der Waals surface area (Å²) in [5, 5.41) is 7.40. The van der Waals surface area contributed by atoms with E-state index < -0.39 is 0 Å². The number of allylic oxidation sites excluding steroid dienone is 1. The van der Waals surface area contributed by atoms with Crippen molar-refractivity contribution in [3.8, 4) is 0 Å². The van der Waals surface area contributed by atoms with E-state index >= 15 is 0 Å². The van der Waals surface area contributed by atoms with E-state index in [-0.39, 0.29) is 0 Å². The van der Waals surface area contributed by atoms with Crippen molar-refractivity contribution in [1.82, 2.24) is 10.6 Å². The number of rotatable bonds is 9. The largest absolute Gasteiger partial charge is 0.315 e. The molecule has 0 aromatic rings. The van der Waals surface area contributed by atoms with Crippen molar-refractivity contribution in [3.05, 3.63) is 11.6 Å². The fourth-order valence-electron chi connectivity index (χ4n) is 3.98. The van der Waals surface area contributed by atoms with Crippen LogP contribution >= 0.6 is 0 Å². The number of fused-ring (bicyclic) bond motifs is 2. The first kappa shape index (κ1) is 16.0. The van der Waals surface area contributed by atoms with E-state index in [4.69, 9.17) is 0 Å². The Hall–Kier alpha value is -0.340. The van der Waals surface area contributed by atoms with Gasteiger partial charge in [-0.15, -0.1) is 0 Å². The first-order valence-corrected chi connectivity index (χ1v) is 8.95. The predicted octanol–water partition coefficient (Wildman–Crippen LogP) is 3.88. The molecule has 3 atom stereocenters. The molecule has 0 amide bonds. The fourth-order valence-corrected chi connectivity index (χ4v) is 3.98. The molecular formula is C18H34N2. The number of nitrogens with one attached hydrogen (secondary N) is 2. The van der Waals surface area contributed by atoms with Gasteiger partial charge in [0.2, 0.25) is 0 Å². The predicted molar refractivity (Wildman–Crippen MR) is 88.0 cm³/mol. The highest BCUT2D eigenvalue weighted by molar-refractivity contribution is 5.15. The van der Waals surface area contributed by atoms with Gasteiger partial charge in [0.1, 0.15) is 0 Å². The second kappa shape index (κ2) is 8.84. The van der Waals surface area contributed by atoms with Crippen LogP contribution in [0, 0.1) is 11.8 Å². The Bertz CT molecular complexity index is 298. The van der Waals surface area contributed by atoms with Gasteiger partial charge in [0.05, 0.1) is 0 Å². The molecule has 2 aliphatic carbocycles. The second-order valence-corrected chi connectivity index (χ2v) is 6.83. The Balaban J connectivity index is 1.57. The molecule has 2 heteroatoms. The van der Waals surface area contributed by atoms with Gasteiger partial charge in [0, 0.05) is 19.1 Å². The summed E-state index contributed by atoms with van der Waals surface area (Å²) in [7, 11) is 0. The third kappa shape index (κ3) is 4.89. The molecule has 2 N–H and O–H groups in total. The average Bonchev–Trinajstić information content (AvgIpc) is 2.45. The van der Waals surface area contributed by atoms with Crippen molar-refractivity contribution in [1.29, 1.82) is 0 Å². The molecule has 2 aliphatic rings. The van der Waals surface area contributed by atoms with Crippen LogP contribution in [0.1, 0.15) is 65.2 Å². The third-order valence-electron chi connectivity index (χ3n) is 5.06. The summed E-state index contributed by atoms with van der Waals surface area (Å²) in [5.74, 6) is 1.64. The SMILES string of the molecule is CCCCCCNCCNC1C(C)C=C2CCCC1C2. The molecule has 1 fully saturated rings. The van der Waals surface area contributed by atoms with E-state index in [1.165, 1.54) is 57.9 Å². The first-order valence-electron chi connectivity index (χ1n) is 8.95. The van der Waals surface area contributed by atoms with Gasteiger partial charge in [-0.1, -0.05) is 44.8 Å². The minimum absolute atomic E-state index is 0.723. The lowest BCUT2D eigenvalue weighted by molar-refractivity contribution is 0.242. The van der Waals surface area contributed by atoms with Crippen LogP contribution in [0.3, 0.4) is 0 Å². The standard InChI is InChI=1S/C18H34N2/c1-3-4-5-6-10-19-11-12-20-18-15(2)13-16-8-7-9-17(18)14-16/h13,15,17-20H,3-12,14H2,1-2H3. The molecule has 2 nitrogen and oxygen atoms in total. The summed E-state index contributed by atoms with van der Waals surface area (Å²) in [5.41, 5.74) is 1.74. The summed E-state index contributed by atoms with van der Waals surface area (Å²) in [4.78, 5) is 0. The number of unbranched alkanes of at least 4 members (excludes halogenated alkanes) is 3. The quantitative estimate of drug-likeness (QED) is 0.494. The van der Waals surface area contributed by atoms with E-state index in [1.807, 2.05) is 0 Å². The zero-order valence-electron chi connectivity index (χ0n) is 13.6. The number of hydrogen-bond donors (Lipinski definition) is 2. The molecule has 0 aromatic carbocycles. The van der Waals surface area contributed by atoms with Crippen molar-refractivity contribution < 1.29 is 0 Å². The molecule has 2 bridgehead atoms. The summed E-state index contributed by atoms with van der Waals surface area (Å²) in [6.45, 7) is 8.11. The lowest BCUT2D eigenvalue weighted by atomic mass is 9.71. The molecule has 0 heterocycles. The van der Waals surface area contributed by atoms with Crippen LogP contribution in [-0.2, 0) is 0 Å². The van der Waals surface area contributed by atoms with Gasteiger partial charge < -0.3 is 10.6 Å². The summed E-state index contributed by atoms with van der Waals surface area (Å²) >= 11 is 0. The van der Waals surface area contributed by atoms with E-state index in [9.17, 15) is 0 Å². The van der Waals surface area contributed by atoms with Gasteiger partial charge in [0.25, 0.3) is 0 Å². The van der Waals surface area contributed by atoms with Gasteiger partial charge >= 0.3 is 0 Å². The van der Waals surface area contributed by atoms with Crippen LogP contribution < -0.4 is 10.6 Å². The smallest absolute Gasteiger partial charge is 0.0159 e. The minimum Gasteiger partial charge on any atom is -0.315 e. The fraction of sp³-hybridized carbons (Fsp3) is 0.889. The lowest BCUT2D eigenvalue weighted by Crippen LogP contribution is -2.46. The zero-order valence-corrected chi connectivity index (χ0v) is 13.6. The summed E-state index contributed by atoms with van der Waals surface area (Å²) < 4.78 is 0. The van der Waals surface area contributed by atoms with E-state index in [2.05, 4.69) is 30.6 Å². The average molecular weight is 278 g/mol. The van der Waals surface area contributed by atoms with Crippen molar-refractivity contribution in [2.45, 2.75) is 71.3 Å². The summed E-state index contributed by atoms with van der Waals surface area (Å²) in [6, 6.07) is 0.723. The molecule has 1 saturated carbocycles. The molecule has 0 aliphatic heterocycles. The highest BCUT2D eigenvalue weighted by atomic mass is 15.0. The molecule has 0 aromatic heterocycles. The van der Waals surface area contributed by atoms with Crippen LogP contribution in [0.4, 0.5) is 0 Å². The molecule has 2 rings (SSSR count). The van der Waals surface area contributed by atoms with Crippen LogP contribution in [0.15, 0.2) is 11.6 Å². The monoisotopic (exact) mass is 278 g/mol. The van der Waals surface area contributed by atoms with Crippen LogP contribution in [0.2, 0.25) is 0 Å². The normalized spacial score (nSPS) is 29.3. The molecule has 0 spiro atoms. The number of hydrogen-bond acceptors (Lipinski definition) is 2. The first-order chi connectivity index (χ1) is 9.81. The van der Waals surface area contributed by atoms with E-state index in [0.717, 1.165) is 31.0 Å². The maximum absolute atomic E-state index is 3.82. The van der Waals surface area contributed by atoms with Gasteiger partial charge in [-0.25, -0.2) is 0 Å². The third-order valence-corrected chi connectivity index (χ3v) is 5.06. The van der Waals surface area contributed by atoms with Crippen LogP contribution in [0.5, 0.6) is 0 Å². The summed E-state index contributed by atoms with van der Waals surface area (Å²) in [6.07, 6.45) is 13.6. The minimum atomic E-state index is 0.723. The molecule has 0 saturated heterocycles. The maximum Gasteiger partial charge on any atom is 0.0159 e. The topological polar surface area (TPSA) is 24.1 Å². The Morgan fingerprint density at radius 1 is 1.15 bits per heavy atom. The Morgan fingerprint density at radius 2 is 2.05 bits per heavy atom. The Labute approximate surface area is 125 Å². The van der Waals surface area contributed by atoms with E-state index in [0.29, 0.717) is 0 Å². The van der Waals surface area contributed by atoms with Crippen LogP contribution in [0.25, 0.3) is 0 Å². The van der Waals surface area contributed by atoms with Crippen molar-refractivity contribution >= 4 is 0 Å². The van der Waals surface area contributed by atoms with E-state index in [1.54, 1.807) is 5.57 Å². The van der Waals surface area contributed by atoms with Crippen LogP contribution in [-0.4, -0.2) is 25.7 Å². The Kier molecular flexibility index (Phi) is 7.09. The highest BCUT2D eigenvalue weighted by Crippen LogP contribution is 2.38. The Morgan fingerprint density at radius 3 is 2.90 bits per heavy atom. The van der Waals surface area contributed by atoms with Crippen molar-refractivity contribution in [3.63, 3.8) is 0 Å². The van der Waals surface area contributed by atoms with Crippen molar-refractivity contribution in [2.24, 2.45) is 11.8 Å². The van der Waals surface area contributed by atoms with Gasteiger partial charge in [-0.2, -0.15) is 0 Å². The second-order valence-electron chi connectivity index (χ2n) is 6.83. The van der Waals surface area contributed by atoms with Gasteiger partial charge in [0.15, 0.2) is 0 Å².